The van der Waals surface area contributed by atoms with Gasteiger partial charge >= 0.3 is 12.1 Å². The summed E-state index contributed by atoms with van der Waals surface area (Å²) in [6.45, 7) is -0.491. The van der Waals surface area contributed by atoms with Crippen molar-refractivity contribution in [2.24, 2.45) is 11.3 Å². The van der Waals surface area contributed by atoms with Gasteiger partial charge in [0.2, 0.25) is 10.0 Å². The van der Waals surface area contributed by atoms with Gasteiger partial charge in [-0.1, -0.05) is 6.42 Å². The van der Waals surface area contributed by atoms with Crippen LogP contribution in [0, 0.1) is 17.2 Å². The number of carboxylic acids is 1. The Hall–Kier alpha value is -1.68. The molecule has 10 heteroatoms. The number of carboxylic acid groups (broad SMARTS) is 1. The lowest BCUT2D eigenvalue weighted by Crippen LogP contribution is -2.37. The minimum absolute atomic E-state index is 0.135. The molecule has 25 heavy (non-hydrogen) atoms. The molecular formula is C15H15F4NO4S. The van der Waals surface area contributed by atoms with Gasteiger partial charge in [-0.15, -0.1) is 0 Å². The maximum atomic E-state index is 14.0. The molecular weight excluding hydrogens is 366 g/mol. The lowest BCUT2D eigenvalue weighted by Gasteiger charge is -2.23. The van der Waals surface area contributed by atoms with Crippen molar-refractivity contribution in [2.75, 3.05) is 13.1 Å². The van der Waals surface area contributed by atoms with E-state index < -0.39 is 49.8 Å². The summed E-state index contributed by atoms with van der Waals surface area (Å²) in [5, 5.41) is 9.49. The van der Waals surface area contributed by atoms with E-state index in [1.807, 2.05) is 0 Å². The first kappa shape index (κ1) is 18.1. The monoisotopic (exact) mass is 381 g/mol. The fraction of sp³-hybridized carbons (Fsp3) is 0.533. The Labute approximate surface area is 141 Å². The molecule has 1 aliphatic carbocycles. The van der Waals surface area contributed by atoms with Crippen molar-refractivity contribution in [3.63, 3.8) is 0 Å². The number of fused-ring (bicyclic) bond motifs is 1. The minimum atomic E-state index is -4.82. The number of hydrogen-bond donors (Lipinski definition) is 1. The van der Waals surface area contributed by atoms with Gasteiger partial charge in [-0.2, -0.15) is 17.5 Å². The third kappa shape index (κ3) is 2.80. The number of hydrogen-bond acceptors (Lipinski definition) is 3. The van der Waals surface area contributed by atoms with Crippen molar-refractivity contribution in [3.8, 4) is 0 Å². The summed E-state index contributed by atoms with van der Waals surface area (Å²) in [5.74, 6) is -2.85. The van der Waals surface area contributed by atoms with Gasteiger partial charge in [0.1, 0.15) is 10.7 Å². The average Bonchev–Trinajstić information content (AvgIpc) is 3.04. The van der Waals surface area contributed by atoms with Gasteiger partial charge in [0.05, 0.1) is 11.0 Å². The Bertz CT molecular complexity index is 823. The molecule has 0 unspecified atom stereocenters. The summed E-state index contributed by atoms with van der Waals surface area (Å²) < 4.78 is 78.5. The van der Waals surface area contributed by atoms with E-state index in [4.69, 9.17) is 0 Å². The van der Waals surface area contributed by atoms with Crippen LogP contribution in [0.1, 0.15) is 24.8 Å². The van der Waals surface area contributed by atoms with Gasteiger partial charge in [-0.25, -0.2) is 12.8 Å². The van der Waals surface area contributed by atoms with Crippen molar-refractivity contribution in [2.45, 2.75) is 30.3 Å². The summed E-state index contributed by atoms with van der Waals surface area (Å²) in [7, 11) is -4.57. The first-order valence-electron chi connectivity index (χ1n) is 7.59. The van der Waals surface area contributed by atoms with Gasteiger partial charge < -0.3 is 5.11 Å². The highest BCUT2D eigenvalue weighted by molar-refractivity contribution is 7.89. The van der Waals surface area contributed by atoms with Crippen LogP contribution in [0.5, 0.6) is 0 Å². The summed E-state index contributed by atoms with van der Waals surface area (Å²) in [5.41, 5.74) is -2.52. The molecule has 1 aliphatic heterocycles. The second-order valence-corrected chi connectivity index (χ2v) is 8.40. The van der Waals surface area contributed by atoms with Crippen molar-refractivity contribution >= 4 is 16.0 Å². The molecule has 1 aromatic rings. The standard InChI is InChI=1S/C15H15F4NO4S/c16-11-4-3-9(15(17,18)19)6-12(11)25(23,24)20-7-10-2-1-5-14(10,8-20)13(21)22/h3-4,6,10H,1-2,5,7-8H2,(H,21,22)/t10-,14+/m0/s1. The van der Waals surface area contributed by atoms with Crippen LogP contribution in [0.15, 0.2) is 23.1 Å². The van der Waals surface area contributed by atoms with Crippen LogP contribution >= 0.6 is 0 Å². The maximum absolute atomic E-state index is 14.0. The highest BCUT2D eigenvalue weighted by Crippen LogP contribution is 2.50. The molecule has 0 radical (unpaired) electrons. The maximum Gasteiger partial charge on any atom is 0.416 e. The van der Waals surface area contributed by atoms with E-state index in [9.17, 15) is 35.9 Å². The number of alkyl halides is 3. The molecule has 1 aromatic carbocycles. The van der Waals surface area contributed by atoms with Crippen LogP contribution in [-0.2, 0) is 21.0 Å². The second kappa shape index (κ2) is 5.66. The van der Waals surface area contributed by atoms with Crippen LogP contribution in [0.4, 0.5) is 17.6 Å². The van der Waals surface area contributed by atoms with E-state index in [0.717, 1.165) is 4.31 Å². The largest absolute Gasteiger partial charge is 0.481 e. The van der Waals surface area contributed by atoms with Crippen LogP contribution in [0.3, 0.4) is 0 Å². The highest BCUT2D eigenvalue weighted by atomic mass is 32.2. The Morgan fingerprint density at radius 3 is 2.56 bits per heavy atom. The molecule has 0 bridgehead atoms. The summed E-state index contributed by atoms with van der Waals surface area (Å²) in [6, 6.07) is 1.18. The van der Waals surface area contributed by atoms with Gasteiger partial charge in [-0.05, 0) is 37.0 Å². The van der Waals surface area contributed by atoms with Crippen molar-refractivity contribution in [3.05, 3.63) is 29.6 Å². The first-order chi connectivity index (χ1) is 11.5. The number of aliphatic carboxylic acids is 1. The summed E-state index contributed by atoms with van der Waals surface area (Å²) >= 11 is 0. The molecule has 0 spiro atoms. The van der Waals surface area contributed by atoms with E-state index in [1.165, 1.54) is 0 Å². The van der Waals surface area contributed by atoms with Crippen molar-refractivity contribution in [1.29, 1.82) is 0 Å². The lowest BCUT2D eigenvalue weighted by molar-refractivity contribution is -0.149. The zero-order chi connectivity index (χ0) is 18.6. The Balaban J connectivity index is 2.00. The Kier molecular flexibility index (Phi) is 4.11. The number of benzene rings is 1. The minimum Gasteiger partial charge on any atom is -0.481 e. The summed E-state index contributed by atoms with van der Waals surface area (Å²) in [4.78, 5) is 10.5. The average molecular weight is 381 g/mol. The molecule has 0 aromatic heterocycles. The fourth-order valence-electron chi connectivity index (χ4n) is 3.79. The molecule has 5 nitrogen and oxygen atoms in total. The Morgan fingerprint density at radius 2 is 2.00 bits per heavy atom. The number of sulfonamides is 1. The Morgan fingerprint density at radius 1 is 1.32 bits per heavy atom. The van der Waals surface area contributed by atoms with Crippen LogP contribution in [0.25, 0.3) is 0 Å². The number of halogens is 4. The molecule has 1 heterocycles. The highest BCUT2D eigenvalue weighted by Gasteiger charge is 2.57. The van der Waals surface area contributed by atoms with Gasteiger partial charge in [0.25, 0.3) is 0 Å². The SMILES string of the molecule is O=C(O)[C@@]12CCC[C@H]1CN(S(=O)(=O)c1cc(C(F)(F)F)ccc1F)C2. The van der Waals surface area contributed by atoms with Gasteiger partial charge in [0.15, 0.2) is 0 Å². The van der Waals surface area contributed by atoms with Crippen LogP contribution in [0.2, 0.25) is 0 Å². The van der Waals surface area contributed by atoms with E-state index in [0.29, 0.717) is 31.4 Å². The molecule has 2 fully saturated rings. The fourth-order valence-corrected chi connectivity index (χ4v) is 5.44. The molecule has 1 N–H and O–H groups in total. The molecule has 138 valence electrons. The van der Waals surface area contributed by atoms with Gasteiger partial charge in [-0.3, -0.25) is 4.79 Å². The first-order valence-corrected chi connectivity index (χ1v) is 9.03. The smallest absolute Gasteiger partial charge is 0.416 e. The normalized spacial score (nSPS) is 27.4. The van der Waals surface area contributed by atoms with Crippen LogP contribution in [-0.4, -0.2) is 36.9 Å². The molecule has 2 atom stereocenters. The predicted molar refractivity (Wildman–Crippen MR) is 77.6 cm³/mol. The number of carbonyl (C=O) groups is 1. The third-order valence-corrected chi connectivity index (χ3v) is 6.97. The molecule has 3 rings (SSSR count). The molecule has 1 saturated carbocycles. The molecule has 0 amide bonds. The number of nitrogens with zero attached hydrogens (tertiary/aromatic N) is 1. The van der Waals surface area contributed by atoms with Crippen molar-refractivity contribution < 1.29 is 35.9 Å². The third-order valence-electron chi connectivity index (χ3n) is 5.14. The molecule has 2 aliphatic rings. The zero-order valence-corrected chi connectivity index (χ0v) is 13.7. The van der Waals surface area contributed by atoms with E-state index in [1.54, 1.807) is 0 Å². The quantitative estimate of drug-likeness (QED) is 0.817. The van der Waals surface area contributed by atoms with Crippen LogP contribution < -0.4 is 0 Å². The zero-order valence-electron chi connectivity index (χ0n) is 12.9. The van der Waals surface area contributed by atoms with E-state index >= 15 is 0 Å². The van der Waals surface area contributed by atoms with E-state index in [2.05, 4.69) is 0 Å². The lowest BCUT2D eigenvalue weighted by atomic mass is 9.81. The predicted octanol–water partition coefficient (Wildman–Crippen LogP) is 2.72. The topological polar surface area (TPSA) is 74.7 Å². The van der Waals surface area contributed by atoms with Gasteiger partial charge in [0, 0.05) is 13.1 Å². The number of rotatable bonds is 3. The molecule has 1 saturated heterocycles. The second-order valence-electron chi connectivity index (χ2n) is 6.49. The van der Waals surface area contributed by atoms with E-state index in [-0.39, 0.29) is 19.2 Å². The summed E-state index contributed by atoms with van der Waals surface area (Å²) in [6.07, 6.45) is -3.36. The van der Waals surface area contributed by atoms with Crippen molar-refractivity contribution in [1.82, 2.24) is 4.31 Å².